The van der Waals surface area contributed by atoms with Crippen LogP contribution in [0.1, 0.15) is 22.2 Å². The molecule has 1 N–H and O–H groups in total. The minimum atomic E-state index is -0.534. The molecule has 0 unspecified atom stereocenters. The molecule has 0 saturated carbocycles. The second kappa shape index (κ2) is 6.67. The fourth-order valence-corrected chi connectivity index (χ4v) is 3.09. The van der Waals surface area contributed by atoms with Gasteiger partial charge in [0.25, 0.3) is 5.91 Å². The zero-order chi connectivity index (χ0) is 14.5. The standard InChI is InChI=1S/C14H16N2O2S2/c1-10(15-13(17)12-4-3-6-20-12)14(18)16(2)8-11-5-7-19-9-11/h3-7,9-10H,8H2,1-2H3,(H,15,17)/t10-/m1/s1. The number of likely N-dealkylation sites (N-methyl/N-ethyl adjacent to an activating group) is 1. The molecule has 6 heteroatoms. The number of carbonyl (C=O) groups is 2. The smallest absolute Gasteiger partial charge is 0.261 e. The van der Waals surface area contributed by atoms with Gasteiger partial charge in [-0.25, -0.2) is 0 Å². The summed E-state index contributed by atoms with van der Waals surface area (Å²) in [5.74, 6) is -0.300. The summed E-state index contributed by atoms with van der Waals surface area (Å²) in [6.45, 7) is 2.26. The molecular formula is C14H16N2O2S2. The summed E-state index contributed by atoms with van der Waals surface area (Å²) in [6, 6.07) is 5.01. The van der Waals surface area contributed by atoms with Crippen LogP contribution in [0, 0.1) is 0 Å². The molecule has 2 aromatic rings. The molecule has 0 fully saturated rings. The number of carbonyl (C=O) groups excluding carboxylic acids is 2. The van der Waals surface area contributed by atoms with Gasteiger partial charge in [-0.15, -0.1) is 11.3 Å². The van der Waals surface area contributed by atoms with Gasteiger partial charge in [0.05, 0.1) is 4.88 Å². The van der Waals surface area contributed by atoms with Crippen molar-refractivity contribution < 1.29 is 9.59 Å². The Morgan fingerprint density at radius 3 is 2.75 bits per heavy atom. The van der Waals surface area contributed by atoms with E-state index in [1.807, 2.05) is 28.3 Å². The predicted octanol–water partition coefficient (Wildman–Crippen LogP) is 2.59. The SMILES string of the molecule is C[C@@H](NC(=O)c1cccs1)C(=O)N(C)Cc1ccsc1. The maximum Gasteiger partial charge on any atom is 0.261 e. The third-order valence-corrected chi connectivity index (χ3v) is 4.44. The van der Waals surface area contributed by atoms with Gasteiger partial charge in [-0.3, -0.25) is 9.59 Å². The Hall–Kier alpha value is -1.66. The number of rotatable bonds is 5. The Morgan fingerprint density at radius 2 is 2.15 bits per heavy atom. The highest BCUT2D eigenvalue weighted by molar-refractivity contribution is 7.12. The summed E-state index contributed by atoms with van der Waals surface area (Å²) in [5.41, 5.74) is 1.10. The van der Waals surface area contributed by atoms with Crippen LogP contribution in [0.2, 0.25) is 0 Å². The van der Waals surface area contributed by atoms with E-state index in [4.69, 9.17) is 0 Å². The van der Waals surface area contributed by atoms with Crippen molar-refractivity contribution in [3.63, 3.8) is 0 Å². The Morgan fingerprint density at radius 1 is 1.35 bits per heavy atom. The summed E-state index contributed by atoms with van der Waals surface area (Å²) in [5, 5.41) is 8.56. The van der Waals surface area contributed by atoms with Crippen LogP contribution in [0.3, 0.4) is 0 Å². The van der Waals surface area contributed by atoms with Gasteiger partial charge in [-0.05, 0) is 40.8 Å². The van der Waals surface area contributed by atoms with Gasteiger partial charge in [-0.2, -0.15) is 11.3 Å². The molecule has 0 aliphatic heterocycles. The van der Waals surface area contributed by atoms with Crippen LogP contribution in [0.4, 0.5) is 0 Å². The van der Waals surface area contributed by atoms with Crippen LogP contribution >= 0.6 is 22.7 Å². The highest BCUT2D eigenvalue weighted by Crippen LogP contribution is 2.10. The number of hydrogen-bond donors (Lipinski definition) is 1. The van der Waals surface area contributed by atoms with E-state index in [-0.39, 0.29) is 11.8 Å². The van der Waals surface area contributed by atoms with Gasteiger partial charge in [0.1, 0.15) is 6.04 Å². The first-order valence-electron chi connectivity index (χ1n) is 6.18. The van der Waals surface area contributed by atoms with E-state index >= 15 is 0 Å². The number of amides is 2. The summed E-state index contributed by atoms with van der Waals surface area (Å²) >= 11 is 2.97. The van der Waals surface area contributed by atoms with Crippen LogP contribution in [0.25, 0.3) is 0 Å². The molecule has 106 valence electrons. The van der Waals surface area contributed by atoms with Crippen molar-refractivity contribution in [2.45, 2.75) is 19.5 Å². The summed E-state index contributed by atoms with van der Waals surface area (Å²) < 4.78 is 0. The lowest BCUT2D eigenvalue weighted by Gasteiger charge is -2.21. The quantitative estimate of drug-likeness (QED) is 0.923. The number of nitrogens with one attached hydrogen (secondary N) is 1. The van der Waals surface area contributed by atoms with Crippen LogP contribution in [-0.2, 0) is 11.3 Å². The van der Waals surface area contributed by atoms with Crippen LogP contribution in [-0.4, -0.2) is 29.8 Å². The summed E-state index contributed by atoms with van der Waals surface area (Å²) in [7, 11) is 1.74. The van der Waals surface area contributed by atoms with Crippen LogP contribution < -0.4 is 5.32 Å². The molecule has 0 aromatic carbocycles. The van der Waals surface area contributed by atoms with Crippen molar-refractivity contribution in [2.75, 3.05) is 7.05 Å². The van der Waals surface area contributed by atoms with Gasteiger partial charge >= 0.3 is 0 Å². The first-order chi connectivity index (χ1) is 9.58. The predicted molar refractivity (Wildman–Crippen MR) is 82.0 cm³/mol. The van der Waals surface area contributed by atoms with Crippen molar-refractivity contribution in [1.82, 2.24) is 10.2 Å². The molecule has 0 bridgehead atoms. The molecule has 2 aromatic heterocycles. The van der Waals surface area contributed by atoms with Gasteiger partial charge in [0, 0.05) is 13.6 Å². The van der Waals surface area contributed by atoms with E-state index in [9.17, 15) is 9.59 Å². The minimum Gasteiger partial charge on any atom is -0.340 e. The van der Waals surface area contributed by atoms with E-state index in [1.54, 1.807) is 36.3 Å². The molecule has 1 atom stereocenters. The highest BCUT2D eigenvalue weighted by atomic mass is 32.1. The molecule has 0 spiro atoms. The zero-order valence-corrected chi connectivity index (χ0v) is 13.0. The van der Waals surface area contributed by atoms with E-state index in [0.29, 0.717) is 11.4 Å². The number of hydrogen-bond acceptors (Lipinski definition) is 4. The maximum absolute atomic E-state index is 12.2. The Kier molecular flexibility index (Phi) is 4.92. The average molecular weight is 308 g/mol. The summed E-state index contributed by atoms with van der Waals surface area (Å²) in [6.07, 6.45) is 0. The second-order valence-corrected chi connectivity index (χ2v) is 6.23. The van der Waals surface area contributed by atoms with Crippen molar-refractivity contribution in [1.29, 1.82) is 0 Å². The van der Waals surface area contributed by atoms with Gasteiger partial charge in [0.15, 0.2) is 0 Å². The molecule has 2 heterocycles. The van der Waals surface area contributed by atoms with E-state index in [2.05, 4.69) is 5.32 Å². The van der Waals surface area contributed by atoms with Gasteiger partial charge in [0.2, 0.25) is 5.91 Å². The molecular weight excluding hydrogens is 292 g/mol. The van der Waals surface area contributed by atoms with Crippen molar-refractivity contribution in [3.05, 3.63) is 44.8 Å². The monoisotopic (exact) mass is 308 g/mol. The molecule has 2 rings (SSSR count). The molecule has 2 amide bonds. The van der Waals surface area contributed by atoms with Crippen LogP contribution in [0.5, 0.6) is 0 Å². The second-order valence-electron chi connectivity index (χ2n) is 4.50. The molecule has 0 aliphatic carbocycles. The van der Waals surface area contributed by atoms with Crippen LogP contribution in [0.15, 0.2) is 34.3 Å². The third-order valence-electron chi connectivity index (χ3n) is 2.84. The molecule has 0 radical (unpaired) electrons. The first kappa shape index (κ1) is 14.7. The zero-order valence-electron chi connectivity index (χ0n) is 11.3. The minimum absolute atomic E-state index is 0.0962. The highest BCUT2D eigenvalue weighted by Gasteiger charge is 2.20. The molecule has 20 heavy (non-hydrogen) atoms. The summed E-state index contributed by atoms with van der Waals surface area (Å²) in [4.78, 5) is 26.3. The van der Waals surface area contributed by atoms with E-state index < -0.39 is 6.04 Å². The molecule has 4 nitrogen and oxygen atoms in total. The Bertz CT molecular complexity index is 564. The molecule has 0 saturated heterocycles. The number of nitrogens with zero attached hydrogens (tertiary/aromatic N) is 1. The Labute approximate surface area is 126 Å². The average Bonchev–Trinajstić information content (AvgIpc) is 3.10. The fourth-order valence-electron chi connectivity index (χ4n) is 1.80. The van der Waals surface area contributed by atoms with Crippen molar-refractivity contribution in [2.24, 2.45) is 0 Å². The van der Waals surface area contributed by atoms with Crippen molar-refractivity contribution >= 4 is 34.5 Å². The lowest BCUT2D eigenvalue weighted by atomic mass is 10.2. The van der Waals surface area contributed by atoms with E-state index in [0.717, 1.165) is 5.56 Å². The lowest BCUT2D eigenvalue weighted by Crippen LogP contribution is -2.45. The topological polar surface area (TPSA) is 49.4 Å². The maximum atomic E-state index is 12.2. The van der Waals surface area contributed by atoms with Gasteiger partial charge in [-0.1, -0.05) is 6.07 Å². The van der Waals surface area contributed by atoms with Crippen molar-refractivity contribution in [3.8, 4) is 0 Å². The van der Waals surface area contributed by atoms with Gasteiger partial charge < -0.3 is 10.2 Å². The Balaban J connectivity index is 1.89. The lowest BCUT2D eigenvalue weighted by molar-refractivity contribution is -0.132. The first-order valence-corrected chi connectivity index (χ1v) is 8.00. The van der Waals surface area contributed by atoms with E-state index in [1.165, 1.54) is 11.3 Å². The largest absolute Gasteiger partial charge is 0.340 e. The molecule has 0 aliphatic rings. The fraction of sp³-hybridized carbons (Fsp3) is 0.286. The third kappa shape index (κ3) is 3.68. The normalized spacial score (nSPS) is 11.9. The number of thiophene rings is 2.